The number of H-pyrrole nitrogens is 1. The summed E-state index contributed by atoms with van der Waals surface area (Å²) in [4.78, 5) is 12.4. The smallest absolute Gasteiger partial charge is 0.273 e. The van der Waals surface area contributed by atoms with Crippen LogP contribution in [0.1, 0.15) is 16.1 Å². The molecular formula is C20H15ClFN5O. The zero-order valence-corrected chi connectivity index (χ0v) is 15.3. The Labute approximate surface area is 165 Å². The van der Waals surface area contributed by atoms with E-state index in [0.717, 1.165) is 11.1 Å². The number of benzene rings is 2. The van der Waals surface area contributed by atoms with Gasteiger partial charge in [0.05, 0.1) is 24.1 Å². The Morgan fingerprint density at radius 1 is 1.18 bits per heavy atom. The summed E-state index contributed by atoms with van der Waals surface area (Å²) in [6, 6.07) is 15.1. The quantitative estimate of drug-likeness (QED) is 0.527. The van der Waals surface area contributed by atoms with Gasteiger partial charge in [0, 0.05) is 16.8 Å². The van der Waals surface area contributed by atoms with Crippen LogP contribution in [0.15, 0.2) is 67.0 Å². The number of aromatic amines is 1. The van der Waals surface area contributed by atoms with Crippen LogP contribution in [-0.2, 0) is 6.54 Å². The normalized spacial score (nSPS) is 10.8. The number of hydrogen-bond acceptors (Lipinski definition) is 3. The maximum absolute atomic E-state index is 13.3. The maximum atomic E-state index is 13.3. The molecule has 0 aliphatic carbocycles. The number of anilines is 1. The van der Waals surface area contributed by atoms with Crippen LogP contribution in [0.25, 0.3) is 11.3 Å². The molecule has 4 rings (SSSR count). The first-order valence-electron chi connectivity index (χ1n) is 8.46. The van der Waals surface area contributed by atoms with Crippen LogP contribution in [-0.4, -0.2) is 25.9 Å². The van der Waals surface area contributed by atoms with Crippen LogP contribution in [0, 0.1) is 5.82 Å². The number of nitrogens with one attached hydrogen (secondary N) is 2. The van der Waals surface area contributed by atoms with Crippen LogP contribution >= 0.6 is 11.6 Å². The lowest BCUT2D eigenvalue weighted by Gasteiger charge is -2.02. The largest absolute Gasteiger partial charge is 0.318 e. The summed E-state index contributed by atoms with van der Waals surface area (Å²) in [5.41, 5.74) is 3.13. The van der Waals surface area contributed by atoms with Crippen molar-refractivity contribution in [1.29, 1.82) is 0 Å². The van der Waals surface area contributed by atoms with Gasteiger partial charge >= 0.3 is 0 Å². The molecule has 0 aliphatic rings. The van der Waals surface area contributed by atoms with E-state index in [0.29, 0.717) is 28.6 Å². The summed E-state index contributed by atoms with van der Waals surface area (Å²) >= 11 is 5.89. The molecule has 0 unspecified atom stereocenters. The molecular weight excluding hydrogens is 381 g/mol. The van der Waals surface area contributed by atoms with Gasteiger partial charge in [0.1, 0.15) is 11.5 Å². The molecule has 0 spiro atoms. The van der Waals surface area contributed by atoms with Crippen molar-refractivity contribution in [3.05, 3.63) is 89.1 Å². The molecule has 28 heavy (non-hydrogen) atoms. The number of rotatable bonds is 5. The molecule has 0 radical (unpaired) electrons. The van der Waals surface area contributed by atoms with E-state index >= 15 is 0 Å². The number of amides is 1. The van der Waals surface area contributed by atoms with E-state index in [-0.39, 0.29) is 11.7 Å². The number of carbonyl (C=O) groups is 1. The molecule has 2 aromatic heterocycles. The van der Waals surface area contributed by atoms with E-state index in [1.165, 1.54) is 18.3 Å². The molecule has 1 amide bonds. The van der Waals surface area contributed by atoms with Crippen molar-refractivity contribution in [3.8, 4) is 11.3 Å². The minimum absolute atomic E-state index is 0.297. The monoisotopic (exact) mass is 395 g/mol. The Morgan fingerprint density at radius 3 is 2.79 bits per heavy atom. The average Bonchev–Trinajstić information content (AvgIpc) is 3.32. The SMILES string of the molecule is O=C(Nc1cnn(Cc2cccc(F)c2)c1)c1cc(-c2ccc(Cl)cc2)n[nH]1. The average molecular weight is 396 g/mol. The Hall–Kier alpha value is -3.45. The van der Waals surface area contributed by atoms with E-state index in [2.05, 4.69) is 20.6 Å². The summed E-state index contributed by atoms with van der Waals surface area (Å²) in [6.07, 6.45) is 3.22. The van der Waals surface area contributed by atoms with Gasteiger partial charge < -0.3 is 5.32 Å². The Balaban J connectivity index is 1.43. The number of hydrogen-bond donors (Lipinski definition) is 2. The molecule has 6 nitrogen and oxygen atoms in total. The van der Waals surface area contributed by atoms with Crippen molar-refractivity contribution in [2.45, 2.75) is 6.54 Å². The predicted octanol–water partition coefficient (Wildman–Crippen LogP) is 4.37. The molecule has 0 saturated carbocycles. The Morgan fingerprint density at radius 2 is 2.00 bits per heavy atom. The highest BCUT2D eigenvalue weighted by molar-refractivity contribution is 6.30. The topological polar surface area (TPSA) is 75.6 Å². The van der Waals surface area contributed by atoms with Gasteiger partial charge in [-0.05, 0) is 35.9 Å². The number of halogens is 2. The summed E-state index contributed by atoms with van der Waals surface area (Å²) in [6.45, 7) is 0.401. The second kappa shape index (κ2) is 7.66. The van der Waals surface area contributed by atoms with Gasteiger partial charge in [0.25, 0.3) is 5.91 Å². The van der Waals surface area contributed by atoms with Gasteiger partial charge in [-0.2, -0.15) is 10.2 Å². The van der Waals surface area contributed by atoms with Gasteiger partial charge in [-0.1, -0.05) is 35.9 Å². The molecule has 2 aromatic carbocycles. The second-order valence-electron chi connectivity index (χ2n) is 6.18. The molecule has 0 aliphatic heterocycles. The first-order chi connectivity index (χ1) is 13.6. The van der Waals surface area contributed by atoms with E-state index in [1.807, 2.05) is 18.2 Å². The lowest BCUT2D eigenvalue weighted by Crippen LogP contribution is -2.11. The standard InChI is InChI=1S/C20H15ClFN5O/c21-15-6-4-14(5-7-15)18-9-19(26-25-18)20(28)24-17-10-23-27(12-17)11-13-2-1-3-16(22)8-13/h1-10,12H,11H2,(H,24,28)(H,25,26). The molecule has 8 heteroatoms. The molecule has 4 aromatic rings. The van der Waals surface area contributed by atoms with Gasteiger partial charge in [0.2, 0.25) is 0 Å². The van der Waals surface area contributed by atoms with E-state index < -0.39 is 0 Å². The molecule has 2 heterocycles. The number of aromatic nitrogens is 4. The lowest BCUT2D eigenvalue weighted by molar-refractivity contribution is 0.102. The van der Waals surface area contributed by atoms with Crippen molar-refractivity contribution in [1.82, 2.24) is 20.0 Å². The highest BCUT2D eigenvalue weighted by Crippen LogP contribution is 2.20. The molecule has 0 atom stereocenters. The first kappa shape index (κ1) is 17.9. The molecule has 0 fully saturated rings. The third-order valence-corrected chi connectivity index (χ3v) is 4.34. The van der Waals surface area contributed by atoms with Crippen LogP contribution in [0.4, 0.5) is 10.1 Å². The van der Waals surface area contributed by atoms with Crippen LogP contribution in [0.5, 0.6) is 0 Å². The minimum atomic E-state index is -0.335. The zero-order chi connectivity index (χ0) is 19.5. The van der Waals surface area contributed by atoms with Crippen LogP contribution < -0.4 is 5.32 Å². The summed E-state index contributed by atoms with van der Waals surface area (Å²) in [7, 11) is 0. The second-order valence-corrected chi connectivity index (χ2v) is 6.62. The van der Waals surface area contributed by atoms with Crippen molar-refractivity contribution in [2.24, 2.45) is 0 Å². The van der Waals surface area contributed by atoms with Crippen molar-refractivity contribution >= 4 is 23.2 Å². The van der Waals surface area contributed by atoms with E-state index in [4.69, 9.17) is 11.6 Å². The zero-order valence-electron chi connectivity index (χ0n) is 14.6. The van der Waals surface area contributed by atoms with E-state index in [9.17, 15) is 9.18 Å². The summed E-state index contributed by atoms with van der Waals surface area (Å²) in [5.74, 6) is -0.632. The fraction of sp³-hybridized carbons (Fsp3) is 0.0500. The lowest BCUT2D eigenvalue weighted by atomic mass is 10.1. The highest BCUT2D eigenvalue weighted by atomic mass is 35.5. The van der Waals surface area contributed by atoms with Gasteiger partial charge in [-0.15, -0.1) is 0 Å². The Bertz CT molecular complexity index is 1120. The molecule has 2 N–H and O–H groups in total. The maximum Gasteiger partial charge on any atom is 0.273 e. The number of nitrogens with zero attached hydrogens (tertiary/aromatic N) is 3. The molecule has 0 saturated heterocycles. The Kier molecular flexibility index (Phi) is 4.90. The minimum Gasteiger partial charge on any atom is -0.318 e. The van der Waals surface area contributed by atoms with Crippen molar-refractivity contribution in [3.63, 3.8) is 0 Å². The van der Waals surface area contributed by atoms with Gasteiger partial charge in [-0.3, -0.25) is 14.6 Å². The van der Waals surface area contributed by atoms with Crippen molar-refractivity contribution < 1.29 is 9.18 Å². The van der Waals surface area contributed by atoms with Gasteiger partial charge in [-0.25, -0.2) is 4.39 Å². The summed E-state index contributed by atoms with van der Waals surface area (Å²) in [5, 5.41) is 14.5. The first-order valence-corrected chi connectivity index (χ1v) is 8.84. The van der Waals surface area contributed by atoms with Crippen LogP contribution in [0.3, 0.4) is 0 Å². The fourth-order valence-corrected chi connectivity index (χ4v) is 2.87. The van der Waals surface area contributed by atoms with Crippen molar-refractivity contribution in [2.75, 3.05) is 5.32 Å². The molecule has 0 bridgehead atoms. The molecule has 140 valence electrons. The third kappa shape index (κ3) is 4.10. The van der Waals surface area contributed by atoms with Gasteiger partial charge in [0.15, 0.2) is 0 Å². The summed E-state index contributed by atoms with van der Waals surface area (Å²) < 4.78 is 14.9. The predicted molar refractivity (Wildman–Crippen MR) is 105 cm³/mol. The number of carbonyl (C=O) groups excluding carboxylic acids is 1. The van der Waals surface area contributed by atoms with E-state index in [1.54, 1.807) is 35.1 Å². The third-order valence-electron chi connectivity index (χ3n) is 4.09. The van der Waals surface area contributed by atoms with Crippen LogP contribution in [0.2, 0.25) is 5.02 Å². The fourth-order valence-electron chi connectivity index (χ4n) is 2.74. The highest BCUT2D eigenvalue weighted by Gasteiger charge is 2.12.